The second-order valence-corrected chi connectivity index (χ2v) is 4.32. The Morgan fingerprint density at radius 3 is 2.43 bits per heavy atom. The SMILES string of the molecule is C#Cc1ccc(C2=N[C@@H](C(=O)O)[C@H](C)O2)c(O)c1.CC.CCN. The third-order valence-corrected chi connectivity index (χ3v) is 2.65. The Bertz CT molecular complexity index is 591. The van der Waals surface area contributed by atoms with Crippen LogP contribution in [0, 0.1) is 12.3 Å². The van der Waals surface area contributed by atoms with Crippen LogP contribution in [-0.4, -0.2) is 40.8 Å². The zero-order chi connectivity index (χ0) is 18.0. The average molecular weight is 320 g/mol. The number of hydrogen-bond donors (Lipinski definition) is 3. The molecule has 0 bridgehead atoms. The van der Waals surface area contributed by atoms with Crippen molar-refractivity contribution < 1.29 is 19.7 Å². The molecule has 0 aliphatic carbocycles. The summed E-state index contributed by atoms with van der Waals surface area (Å²) in [5, 5.41) is 18.7. The number of nitrogens with zero attached hydrogens (tertiary/aromatic N) is 1. The van der Waals surface area contributed by atoms with Gasteiger partial charge in [0.25, 0.3) is 0 Å². The fraction of sp³-hybridized carbons (Fsp3) is 0.412. The average Bonchev–Trinajstić information content (AvgIpc) is 2.91. The van der Waals surface area contributed by atoms with Crippen LogP contribution in [0.1, 0.15) is 38.8 Å². The predicted molar refractivity (Wildman–Crippen MR) is 90.6 cm³/mol. The first-order valence-corrected chi connectivity index (χ1v) is 7.41. The van der Waals surface area contributed by atoms with Gasteiger partial charge in [0.2, 0.25) is 5.90 Å². The van der Waals surface area contributed by atoms with Crippen LogP contribution in [0.15, 0.2) is 23.2 Å². The lowest BCUT2D eigenvalue weighted by Gasteiger charge is -2.09. The van der Waals surface area contributed by atoms with Gasteiger partial charge in [-0.1, -0.05) is 26.7 Å². The Morgan fingerprint density at radius 1 is 1.48 bits per heavy atom. The molecule has 1 aromatic rings. The van der Waals surface area contributed by atoms with Crippen molar-refractivity contribution in [2.24, 2.45) is 10.7 Å². The molecular formula is C17H24N2O4. The lowest BCUT2D eigenvalue weighted by Crippen LogP contribution is -2.27. The van der Waals surface area contributed by atoms with E-state index in [0.29, 0.717) is 11.1 Å². The van der Waals surface area contributed by atoms with Crippen LogP contribution in [-0.2, 0) is 9.53 Å². The van der Waals surface area contributed by atoms with Crippen LogP contribution >= 0.6 is 0 Å². The molecule has 0 unspecified atom stereocenters. The molecule has 1 aliphatic rings. The highest BCUT2D eigenvalue weighted by atomic mass is 16.5. The standard InChI is InChI=1S/C13H11NO4.C2H7N.C2H6/c1-3-8-4-5-9(10(15)6-8)12-14-11(13(16)17)7(2)18-12;1-2-3;1-2/h1,4-7,11,15H,2H3,(H,16,17);2-3H2,1H3;1-2H3/t7-,11+;;/m0../s1. The maximum Gasteiger partial charge on any atom is 0.332 e. The van der Waals surface area contributed by atoms with Crippen LogP contribution in [0.5, 0.6) is 5.75 Å². The molecule has 0 spiro atoms. The molecule has 6 heteroatoms. The molecule has 2 rings (SSSR count). The summed E-state index contributed by atoms with van der Waals surface area (Å²) >= 11 is 0. The monoisotopic (exact) mass is 320 g/mol. The van der Waals surface area contributed by atoms with Crippen LogP contribution < -0.4 is 5.73 Å². The van der Waals surface area contributed by atoms with Gasteiger partial charge in [0, 0.05) is 5.56 Å². The molecule has 0 fully saturated rings. The number of rotatable bonds is 2. The van der Waals surface area contributed by atoms with Crippen molar-refractivity contribution >= 4 is 11.9 Å². The van der Waals surface area contributed by atoms with Gasteiger partial charge in [-0.15, -0.1) is 6.42 Å². The highest BCUT2D eigenvalue weighted by Gasteiger charge is 2.34. The Labute approximate surface area is 137 Å². The van der Waals surface area contributed by atoms with E-state index in [0.717, 1.165) is 6.54 Å². The molecule has 4 N–H and O–H groups in total. The molecule has 6 nitrogen and oxygen atoms in total. The predicted octanol–water partition coefficient (Wildman–Crippen LogP) is 1.98. The summed E-state index contributed by atoms with van der Waals surface area (Å²) in [5.41, 5.74) is 5.71. The third-order valence-electron chi connectivity index (χ3n) is 2.65. The highest BCUT2D eigenvalue weighted by molar-refractivity contribution is 6.00. The maximum atomic E-state index is 10.9. The summed E-state index contributed by atoms with van der Waals surface area (Å²) in [5.74, 6) is 1.37. The van der Waals surface area contributed by atoms with Crippen molar-refractivity contribution in [3.63, 3.8) is 0 Å². The molecule has 0 saturated carbocycles. The lowest BCUT2D eigenvalue weighted by molar-refractivity contribution is -0.139. The Balaban J connectivity index is 0.000000868. The summed E-state index contributed by atoms with van der Waals surface area (Å²) in [7, 11) is 0. The molecule has 126 valence electrons. The quantitative estimate of drug-likeness (QED) is 0.723. The molecule has 0 saturated heterocycles. The van der Waals surface area contributed by atoms with Gasteiger partial charge in [0.1, 0.15) is 11.9 Å². The number of carbonyl (C=O) groups is 1. The minimum atomic E-state index is -1.06. The molecule has 0 amide bonds. The van der Waals surface area contributed by atoms with Crippen LogP contribution in [0.2, 0.25) is 0 Å². The minimum absolute atomic E-state index is 0.0811. The van der Waals surface area contributed by atoms with Gasteiger partial charge in [0.05, 0.1) is 5.56 Å². The molecule has 23 heavy (non-hydrogen) atoms. The van der Waals surface area contributed by atoms with Gasteiger partial charge < -0.3 is 20.7 Å². The summed E-state index contributed by atoms with van der Waals surface area (Å²) in [6.45, 7) is 8.27. The van der Waals surface area contributed by atoms with E-state index in [1.165, 1.54) is 6.07 Å². The molecular weight excluding hydrogens is 296 g/mol. The summed E-state index contributed by atoms with van der Waals surface area (Å²) in [6, 6.07) is 3.63. The number of aliphatic carboxylic acids is 1. The van der Waals surface area contributed by atoms with E-state index in [4.69, 9.17) is 22.0 Å². The van der Waals surface area contributed by atoms with E-state index in [9.17, 15) is 9.90 Å². The molecule has 2 atom stereocenters. The topological polar surface area (TPSA) is 105 Å². The first-order chi connectivity index (χ1) is 10.9. The number of carboxylic acid groups (broad SMARTS) is 1. The molecule has 0 aromatic heterocycles. The normalized spacial score (nSPS) is 18.2. The molecule has 1 aliphatic heterocycles. The molecule has 1 heterocycles. The smallest absolute Gasteiger partial charge is 0.332 e. The highest BCUT2D eigenvalue weighted by Crippen LogP contribution is 2.25. The number of carboxylic acids is 1. The Kier molecular flexibility index (Phi) is 9.12. The number of nitrogens with two attached hydrogens (primary N) is 1. The second kappa shape index (κ2) is 10.2. The van der Waals surface area contributed by atoms with Crippen molar-refractivity contribution in [2.75, 3.05) is 6.54 Å². The van der Waals surface area contributed by atoms with E-state index in [-0.39, 0.29) is 11.6 Å². The summed E-state index contributed by atoms with van der Waals surface area (Å²) in [4.78, 5) is 14.8. The number of phenols is 1. The number of terminal acetylenes is 1. The van der Waals surface area contributed by atoms with E-state index in [2.05, 4.69) is 10.9 Å². The van der Waals surface area contributed by atoms with Gasteiger partial charge in [-0.05, 0) is 31.7 Å². The maximum absolute atomic E-state index is 10.9. The molecule has 1 aromatic carbocycles. The minimum Gasteiger partial charge on any atom is -0.507 e. The number of aliphatic imine (C=N–C) groups is 1. The van der Waals surface area contributed by atoms with Gasteiger partial charge in [-0.2, -0.15) is 0 Å². The van der Waals surface area contributed by atoms with E-state index in [1.54, 1.807) is 19.1 Å². The summed E-state index contributed by atoms with van der Waals surface area (Å²) in [6.07, 6.45) is 4.64. The zero-order valence-corrected chi connectivity index (χ0v) is 13.9. The van der Waals surface area contributed by atoms with Crippen molar-refractivity contribution in [3.8, 4) is 18.1 Å². The Hall–Kier alpha value is -2.52. The number of hydrogen-bond acceptors (Lipinski definition) is 5. The van der Waals surface area contributed by atoms with Crippen molar-refractivity contribution in [2.45, 2.75) is 39.8 Å². The first-order valence-electron chi connectivity index (χ1n) is 7.41. The van der Waals surface area contributed by atoms with E-state index >= 15 is 0 Å². The second-order valence-electron chi connectivity index (χ2n) is 4.32. The van der Waals surface area contributed by atoms with Crippen LogP contribution in [0.3, 0.4) is 0 Å². The van der Waals surface area contributed by atoms with E-state index in [1.807, 2.05) is 20.8 Å². The van der Waals surface area contributed by atoms with Crippen molar-refractivity contribution in [1.82, 2.24) is 0 Å². The van der Waals surface area contributed by atoms with E-state index < -0.39 is 18.1 Å². The van der Waals surface area contributed by atoms with Gasteiger partial charge in [0.15, 0.2) is 6.04 Å². The fourth-order valence-corrected chi connectivity index (χ4v) is 1.69. The summed E-state index contributed by atoms with van der Waals surface area (Å²) < 4.78 is 5.33. The zero-order valence-electron chi connectivity index (χ0n) is 13.9. The number of ether oxygens (including phenoxy) is 1. The number of benzene rings is 1. The first kappa shape index (κ1) is 20.5. The van der Waals surface area contributed by atoms with Crippen LogP contribution in [0.4, 0.5) is 0 Å². The van der Waals surface area contributed by atoms with Crippen LogP contribution in [0.25, 0.3) is 0 Å². The van der Waals surface area contributed by atoms with Crippen molar-refractivity contribution in [1.29, 1.82) is 0 Å². The third kappa shape index (κ3) is 5.64. The lowest BCUT2D eigenvalue weighted by atomic mass is 10.1. The largest absolute Gasteiger partial charge is 0.507 e. The van der Waals surface area contributed by atoms with Gasteiger partial charge in [-0.25, -0.2) is 9.79 Å². The van der Waals surface area contributed by atoms with Gasteiger partial charge in [-0.3, -0.25) is 0 Å². The number of aromatic hydroxyl groups is 1. The molecule has 0 radical (unpaired) electrons. The van der Waals surface area contributed by atoms with Crippen molar-refractivity contribution in [3.05, 3.63) is 29.3 Å². The fourth-order valence-electron chi connectivity index (χ4n) is 1.69. The Morgan fingerprint density at radius 2 is 2.04 bits per heavy atom. The number of phenolic OH excluding ortho intramolecular Hbond substituents is 1. The van der Waals surface area contributed by atoms with Gasteiger partial charge >= 0.3 is 5.97 Å².